The number of ketones is 1. The second-order valence-electron chi connectivity index (χ2n) is 5.61. The van der Waals surface area contributed by atoms with Gasteiger partial charge in [-0.2, -0.15) is 8.42 Å². The number of hydrogen-bond acceptors (Lipinski definition) is 7. The van der Waals surface area contributed by atoms with Crippen molar-refractivity contribution in [1.29, 1.82) is 0 Å². The van der Waals surface area contributed by atoms with E-state index in [-0.39, 0.29) is 16.8 Å². The smallest absolute Gasteiger partial charge is 0.313 e. The van der Waals surface area contributed by atoms with Gasteiger partial charge in [-0.05, 0) is 17.7 Å². The van der Waals surface area contributed by atoms with Crippen molar-refractivity contribution in [1.82, 2.24) is 0 Å². The minimum absolute atomic E-state index is 0.0272. The lowest BCUT2D eigenvalue weighted by atomic mass is 10.0. The summed E-state index contributed by atoms with van der Waals surface area (Å²) in [6, 6.07) is 12.9. The summed E-state index contributed by atoms with van der Waals surface area (Å²) in [6.07, 6.45) is -2.41. The van der Waals surface area contributed by atoms with Crippen molar-refractivity contribution < 1.29 is 31.1 Å². The van der Waals surface area contributed by atoms with Crippen LogP contribution < -0.4 is 11.5 Å². The van der Waals surface area contributed by atoms with Crippen LogP contribution in [0.3, 0.4) is 0 Å². The van der Waals surface area contributed by atoms with Crippen LogP contribution in [0.15, 0.2) is 66.2 Å². The molecule has 0 aromatic heterocycles. The third-order valence-electron chi connectivity index (χ3n) is 3.64. The molecule has 0 unspecified atom stereocenters. The average molecular weight is 391 g/mol. The zero-order chi connectivity index (χ0) is 22.1. The zero-order valence-electron chi connectivity index (χ0n) is 16.8. The average Bonchev–Trinajstić information content (AvgIpc) is 2.91. The highest BCUT2D eigenvalue weighted by Gasteiger charge is 2.39. The molecule has 0 radical (unpaired) electrons. The summed E-state index contributed by atoms with van der Waals surface area (Å²) in [7, 11) is -4.26. The molecule has 3 rings (SSSR count). The van der Waals surface area contributed by atoms with E-state index in [2.05, 4.69) is 0 Å². The van der Waals surface area contributed by atoms with Crippen molar-refractivity contribution >= 4 is 21.8 Å². The Hall–Kier alpha value is -3.33. The predicted octanol–water partition coefficient (Wildman–Crippen LogP) is 1.10. The fourth-order valence-electron chi connectivity index (χ4n) is 2.39. The summed E-state index contributed by atoms with van der Waals surface area (Å²) in [4.78, 5) is 24.3. The van der Waals surface area contributed by atoms with Gasteiger partial charge in [-0.15, -0.1) is 0 Å². The first kappa shape index (κ1) is 14.8. The van der Waals surface area contributed by atoms with Crippen molar-refractivity contribution in [3.05, 3.63) is 82.9 Å². The quantitative estimate of drug-likeness (QED) is 0.703. The van der Waals surface area contributed by atoms with E-state index in [1.54, 1.807) is 30.3 Å². The van der Waals surface area contributed by atoms with E-state index in [9.17, 15) is 18.0 Å². The number of carbonyl (C=O) groups is 2. The molecule has 2 aromatic rings. The van der Waals surface area contributed by atoms with Gasteiger partial charge in [0.1, 0.15) is 5.75 Å². The molecule has 0 fully saturated rings. The molecule has 27 heavy (non-hydrogen) atoms. The molecule has 0 aliphatic carbocycles. The van der Waals surface area contributed by atoms with Crippen molar-refractivity contribution in [3.8, 4) is 0 Å². The minimum atomic E-state index is -4.26. The number of ether oxygens (including phenoxy) is 1. The SMILES string of the molecule is [2H]N([2H])C(=O)c1ccc([C@@]2([2H])OC(N)=C(OS(=O)(=O)Cc3ccccc3)C2=O)cc1. The van der Waals surface area contributed by atoms with Crippen LogP contribution in [0.2, 0.25) is 2.82 Å². The van der Waals surface area contributed by atoms with Gasteiger partial charge in [0.05, 0.1) is 1.37 Å². The molecule has 140 valence electrons. The molecule has 2 aromatic carbocycles. The Morgan fingerprint density at radius 3 is 2.48 bits per heavy atom. The van der Waals surface area contributed by atoms with Crippen LogP contribution in [-0.4, -0.2) is 20.1 Å². The molecule has 1 aliphatic heterocycles. The highest BCUT2D eigenvalue weighted by Crippen LogP contribution is 2.32. The van der Waals surface area contributed by atoms with Gasteiger partial charge in [0.25, 0.3) is 0 Å². The zero-order valence-corrected chi connectivity index (χ0v) is 14.6. The van der Waals surface area contributed by atoms with Crippen LogP contribution in [0.25, 0.3) is 0 Å². The van der Waals surface area contributed by atoms with E-state index in [4.69, 9.17) is 18.8 Å². The van der Waals surface area contributed by atoms with Gasteiger partial charge in [-0.3, -0.25) is 9.59 Å². The third-order valence-corrected chi connectivity index (χ3v) is 4.75. The van der Waals surface area contributed by atoms with Crippen molar-refractivity contribution in [2.75, 3.05) is 0 Å². The van der Waals surface area contributed by atoms with Crippen LogP contribution in [0.5, 0.6) is 0 Å². The van der Waals surface area contributed by atoms with E-state index >= 15 is 0 Å². The highest BCUT2D eigenvalue weighted by molar-refractivity contribution is 7.86. The van der Waals surface area contributed by atoms with E-state index in [0.717, 1.165) is 0 Å². The minimum Gasteiger partial charge on any atom is -0.460 e. The molecule has 1 aliphatic rings. The fraction of sp³-hybridized carbons (Fsp3) is 0.111. The maximum atomic E-state index is 12.7. The number of hydrogen-bond donors (Lipinski definition) is 2. The van der Waals surface area contributed by atoms with Crippen LogP contribution in [-0.2, 0) is 29.6 Å². The van der Waals surface area contributed by atoms with E-state index in [1.807, 2.05) is 0 Å². The molecule has 1 atom stereocenters. The number of benzene rings is 2. The van der Waals surface area contributed by atoms with Crippen LogP contribution in [0.1, 0.15) is 28.9 Å². The number of nitrogens with two attached hydrogens (primary N) is 2. The number of carbonyl (C=O) groups excluding carboxylic acids is 2. The lowest BCUT2D eigenvalue weighted by molar-refractivity contribution is -0.123. The van der Waals surface area contributed by atoms with E-state index < -0.39 is 45.3 Å². The maximum Gasteiger partial charge on any atom is 0.313 e. The number of Topliss-reactive ketones (excluding diaryl/α,β-unsaturated/α-hetero) is 1. The predicted molar refractivity (Wildman–Crippen MR) is 95.2 cm³/mol. The largest absolute Gasteiger partial charge is 0.460 e. The molecule has 0 spiro atoms. The lowest BCUT2D eigenvalue weighted by Crippen LogP contribution is -2.16. The Morgan fingerprint density at radius 2 is 1.85 bits per heavy atom. The second kappa shape index (κ2) is 7.12. The van der Waals surface area contributed by atoms with E-state index in [0.29, 0.717) is 5.56 Å². The first-order valence-electron chi connectivity index (χ1n) is 9.05. The van der Waals surface area contributed by atoms with Gasteiger partial charge in [0.2, 0.25) is 23.3 Å². The Morgan fingerprint density at radius 1 is 1.19 bits per heavy atom. The molecule has 1 amide bonds. The molecule has 1 heterocycles. The molecular weight excluding hydrogens is 372 g/mol. The van der Waals surface area contributed by atoms with Crippen LogP contribution >= 0.6 is 0 Å². The lowest BCUT2D eigenvalue weighted by Gasteiger charge is -2.10. The Bertz CT molecular complexity index is 1120. The highest BCUT2D eigenvalue weighted by atomic mass is 32.2. The fourth-order valence-corrected chi connectivity index (χ4v) is 3.46. The van der Waals surface area contributed by atoms with Gasteiger partial charge in [0, 0.05) is 11.1 Å². The Labute approximate surface area is 159 Å². The van der Waals surface area contributed by atoms with Crippen molar-refractivity contribution in [3.63, 3.8) is 0 Å². The summed E-state index contributed by atoms with van der Waals surface area (Å²) in [5.41, 5.74) is 5.85. The van der Waals surface area contributed by atoms with Gasteiger partial charge in [-0.1, -0.05) is 42.5 Å². The van der Waals surface area contributed by atoms with Crippen LogP contribution in [0.4, 0.5) is 0 Å². The monoisotopic (exact) mass is 391 g/mol. The van der Waals surface area contributed by atoms with E-state index in [1.165, 1.54) is 24.3 Å². The van der Waals surface area contributed by atoms with Crippen molar-refractivity contribution in [2.45, 2.75) is 11.8 Å². The first-order valence-corrected chi connectivity index (χ1v) is 9.23. The molecule has 0 saturated carbocycles. The summed E-state index contributed by atoms with van der Waals surface area (Å²) in [5.74, 6) is -4.03. The molecule has 0 bridgehead atoms. The third kappa shape index (κ3) is 4.09. The number of amides is 1. The van der Waals surface area contributed by atoms with Gasteiger partial charge >= 0.3 is 10.1 Å². The summed E-state index contributed by atoms with van der Waals surface area (Å²) in [6.45, 7) is 0. The maximum absolute atomic E-state index is 12.7. The number of primary amides is 1. The topological polar surface area (TPSA) is 139 Å². The van der Waals surface area contributed by atoms with Gasteiger partial charge < -0.3 is 20.4 Å². The standard InChI is InChI=1S/C18H16N2O6S/c19-17(22)13-8-6-12(7-9-13)15-14(21)16(18(20)25-15)26-27(23,24)10-11-4-2-1-3-5-11/h1-9,15H,10,20H2,(H2,19,22)/t15-/m1/s1/i15D/hD2. The molecule has 4 N–H and O–H groups in total. The number of rotatable bonds is 6. The molecule has 8 nitrogen and oxygen atoms in total. The summed E-state index contributed by atoms with van der Waals surface area (Å²) >= 11 is 0. The molecular formula is C18H16N2O6S. The van der Waals surface area contributed by atoms with Crippen molar-refractivity contribution in [2.24, 2.45) is 11.5 Å². The Balaban J connectivity index is 1.81. The normalized spacial score (nSPS) is 21.0. The molecule has 0 saturated heterocycles. The first-order chi connectivity index (χ1) is 14.0. The van der Waals surface area contributed by atoms with Crippen LogP contribution in [0, 0.1) is 0 Å². The Kier molecular flexibility index (Phi) is 3.90. The summed E-state index contributed by atoms with van der Waals surface area (Å²) in [5, 5.41) is 0. The van der Waals surface area contributed by atoms with Gasteiger partial charge in [0.15, 0.2) is 8.90 Å². The molecule has 9 heteroatoms. The van der Waals surface area contributed by atoms with Gasteiger partial charge in [-0.25, -0.2) is 0 Å². The summed E-state index contributed by atoms with van der Waals surface area (Å²) < 4.78 is 56.9. The second-order valence-corrected chi connectivity index (χ2v) is 7.18.